The van der Waals surface area contributed by atoms with Gasteiger partial charge in [0.1, 0.15) is 12.4 Å². The van der Waals surface area contributed by atoms with Gasteiger partial charge in [-0.05, 0) is 31.9 Å². The fraction of sp³-hybridized carbons (Fsp3) is 0.556. The third-order valence-electron chi connectivity index (χ3n) is 4.17. The van der Waals surface area contributed by atoms with Crippen molar-refractivity contribution >= 4 is 41.5 Å². The minimum Gasteiger partial charge on any atom is -0.367 e. The molecule has 1 unspecified atom stereocenters. The first kappa shape index (κ1) is 22.5. The van der Waals surface area contributed by atoms with Gasteiger partial charge in [-0.1, -0.05) is 12.1 Å². The molecule has 1 heterocycles. The van der Waals surface area contributed by atoms with Gasteiger partial charge in [0.15, 0.2) is 5.96 Å². The van der Waals surface area contributed by atoms with Crippen LogP contribution in [0.4, 0.5) is 10.1 Å². The average molecular weight is 477 g/mol. The number of carbonyl (C=O) groups excluding carboxylic acids is 1. The summed E-state index contributed by atoms with van der Waals surface area (Å²) in [5.74, 6) is 0.382. The maximum absolute atomic E-state index is 14.0. The molecule has 26 heavy (non-hydrogen) atoms. The van der Waals surface area contributed by atoms with Crippen LogP contribution >= 0.6 is 24.0 Å². The van der Waals surface area contributed by atoms with Crippen molar-refractivity contribution in [3.05, 3.63) is 30.1 Å². The zero-order valence-corrected chi connectivity index (χ0v) is 18.0. The summed E-state index contributed by atoms with van der Waals surface area (Å²) in [4.78, 5) is 19.7. The number of likely N-dealkylation sites (N-methyl/N-ethyl adjacent to an activating group) is 1. The van der Waals surface area contributed by atoms with E-state index >= 15 is 0 Å². The molecule has 2 N–H and O–H groups in total. The Bertz CT molecular complexity index is 611. The molecule has 1 atom stereocenters. The Labute approximate surface area is 172 Å². The number of hydrogen-bond donors (Lipinski definition) is 2. The van der Waals surface area contributed by atoms with E-state index in [1.807, 2.05) is 19.1 Å². The smallest absolute Gasteiger partial charge is 0.243 e. The van der Waals surface area contributed by atoms with Gasteiger partial charge in [0.05, 0.1) is 5.69 Å². The van der Waals surface area contributed by atoms with Gasteiger partial charge in [0.25, 0.3) is 0 Å². The van der Waals surface area contributed by atoms with Gasteiger partial charge >= 0.3 is 0 Å². The molecular formula is C18H29FIN5O. The van der Waals surface area contributed by atoms with Crippen LogP contribution in [0.1, 0.15) is 19.8 Å². The van der Waals surface area contributed by atoms with Gasteiger partial charge in [-0.25, -0.2) is 9.38 Å². The number of rotatable bonds is 5. The molecule has 1 aromatic carbocycles. The number of piperidine rings is 1. The molecule has 0 aromatic heterocycles. The summed E-state index contributed by atoms with van der Waals surface area (Å²) >= 11 is 0. The number of nitrogens with zero attached hydrogens (tertiary/aromatic N) is 3. The Morgan fingerprint density at radius 2 is 2.12 bits per heavy atom. The molecule has 0 bridgehead atoms. The number of nitrogens with one attached hydrogen (secondary N) is 2. The highest BCUT2D eigenvalue weighted by molar-refractivity contribution is 14.0. The van der Waals surface area contributed by atoms with Crippen molar-refractivity contribution in [1.82, 2.24) is 15.5 Å². The lowest BCUT2D eigenvalue weighted by Gasteiger charge is -2.35. The van der Waals surface area contributed by atoms with E-state index in [-0.39, 0.29) is 48.3 Å². The van der Waals surface area contributed by atoms with Crippen molar-refractivity contribution in [3.8, 4) is 0 Å². The number of halogens is 2. The van der Waals surface area contributed by atoms with E-state index in [1.165, 1.54) is 11.0 Å². The van der Waals surface area contributed by atoms with E-state index in [0.29, 0.717) is 24.7 Å². The fourth-order valence-corrected chi connectivity index (χ4v) is 2.82. The van der Waals surface area contributed by atoms with Crippen LogP contribution in [-0.2, 0) is 4.79 Å². The van der Waals surface area contributed by atoms with Crippen LogP contribution in [0, 0.1) is 5.82 Å². The second-order valence-electron chi connectivity index (χ2n) is 6.36. The molecule has 1 amide bonds. The lowest BCUT2D eigenvalue weighted by atomic mass is 10.0. The van der Waals surface area contributed by atoms with E-state index < -0.39 is 0 Å². The molecule has 1 aliphatic rings. The van der Waals surface area contributed by atoms with Crippen LogP contribution in [0.3, 0.4) is 0 Å². The van der Waals surface area contributed by atoms with Crippen molar-refractivity contribution in [2.75, 3.05) is 45.2 Å². The molecule has 146 valence electrons. The molecule has 0 radical (unpaired) electrons. The first-order valence-electron chi connectivity index (χ1n) is 8.75. The molecule has 1 fully saturated rings. The third-order valence-corrected chi connectivity index (χ3v) is 4.17. The number of hydrogen-bond acceptors (Lipinski definition) is 3. The van der Waals surface area contributed by atoms with Gasteiger partial charge in [0.2, 0.25) is 5.91 Å². The van der Waals surface area contributed by atoms with Gasteiger partial charge in [-0.15, -0.1) is 24.0 Å². The molecule has 2 rings (SSSR count). The predicted octanol–water partition coefficient (Wildman–Crippen LogP) is 2.06. The number of aliphatic imine (C=N–C) groups is 1. The summed E-state index contributed by atoms with van der Waals surface area (Å²) in [5.41, 5.74) is 0.638. The second-order valence-corrected chi connectivity index (χ2v) is 6.36. The minimum atomic E-state index is -0.194. The zero-order valence-electron chi connectivity index (χ0n) is 15.7. The van der Waals surface area contributed by atoms with E-state index in [0.717, 1.165) is 19.4 Å². The Hall–Kier alpha value is -1.58. The molecule has 1 aliphatic heterocycles. The summed E-state index contributed by atoms with van der Waals surface area (Å²) in [6, 6.07) is 7.02. The van der Waals surface area contributed by atoms with Crippen LogP contribution in [0.15, 0.2) is 29.3 Å². The monoisotopic (exact) mass is 477 g/mol. The van der Waals surface area contributed by atoms with Crippen molar-refractivity contribution in [3.63, 3.8) is 0 Å². The molecule has 0 aliphatic carbocycles. The summed E-state index contributed by atoms with van der Waals surface area (Å²) < 4.78 is 14.0. The van der Waals surface area contributed by atoms with Crippen LogP contribution in [0.2, 0.25) is 0 Å². The third kappa shape index (κ3) is 6.62. The van der Waals surface area contributed by atoms with Crippen molar-refractivity contribution in [1.29, 1.82) is 0 Å². The lowest BCUT2D eigenvalue weighted by molar-refractivity contribution is -0.127. The summed E-state index contributed by atoms with van der Waals surface area (Å²) in [7, 11) is 3.43. The normalized spacial score (nSPS) is 17.3. The van der Waals surface area contributed by atoms with Gasteiger partial charge in [-0.3, -0.25) is 4.79 Å². The highest BCUT2D eigenvalue weighted by atomic mass is 127. The minimum absolute atomic E-state index is 0. The standard InChI is InChI=1S/C18H28FN5O.HI/c1-4-20-18(21-12-17(25)23(2)3)22-14-8-7-11-24(13-14)16-10-6-5-9-15(16)19;/h5-6,9-10,14H,4,7-8,11-13H2,1-3H3,(H2,20,21,22);1H. The van der Waals surface area contributed by atoms with Gasteiger partial charge < -0.3 is 20.4 Å². The maximum atomic E-state index is 14.0. The summed E-state index contributed by atoms with van der Waals surface area (Å²) in [6.45, 7) is 4.34. The first-order valence-corrected chi connectivity index (χ1v) is 8.75. The maximum Gasteiger partial charge on any atom is 0.243 e. The molecule has 8 heteroatoms. The van der Waals surface area contributed by atoms with E-state index in [4.69, 9.17) is 0 Å². The van der Waals surface area contributed by atoms with Crippen molar-refractivity contribution in [2.24, 2.45) is 4.99 Å². The Morgan fingerprint density at radius 3 is 2.77 bits per heavy atom. The number of benzene rings is 1. The van der Waals surface area contributed by atoms with Crippen molar-refractivity contribution in [2.45, 2.75) is 25.8 Å². The molecular weight excluding hydrogens is 448 g/mol. The Kier molecular flexibility index (Phi) is 9.68. The topological polar surface area (TPSA) is 60.0 Å². The van der Waals surface area contributed by atoms with Gasteiger partial charge in [0, 0.05) is 39.8 Å². The SMILES string of the molecule is CCNC(=NCC(=O)N(C)C)NC1CCCN(c2ccccc2F)C1.I. The van der Waals surface area contributed by atoms with Crippen LogP contribution in [0.5, 0.6) is 0 Å². The molecule has 0 saturated carbocycles. The Morgan fingerprint density at radius 1 is 1.38 bits per heavy atom. The quantitative estimate of drug-likeness (QED) is 0.388. The first-order chi connectivity index (χ1) is 12.0. The Balaban J connectivity index is 0.00000338. The van der Waals surface area contributed by atoms with Crippen LogP contribution in [-0.4, -0.2) is 63.1 Å². The zero-order chi connectivity index (χ0) is 18.2. The number of guanidine groups is 1. The largest absolute Gasteiger partial charge is 0.367 e. The highest BCUT2D eigenvalue weighted by Crippen LogP contribution is 2.22. The van der Waals surface area contributed by atoms with Crippen molar-refractivity contribution < 1.29 is 9.18 Å². The molecule has 6 nitrogen and oxygen atoms in total. The number of anilines is 1. The number of amides is 1. The van der Waals surface area contributed by atoms with E-state index in [1.54, 1.807) is 20.2 Å². The summed E-state index contributed by atoms with van der Waals surface area (Å²) in [5, 5.41) is 6.54. The predicted molar refractivity (Wildman–Crippen MR) is 115 cm³/mol. The van der Waals surface area contributed by atoms with Crippen LogP contribution in [0.25, 0.3) is 0 Å². The number of para-hydroxylation sites is 1. The lowest BCUT2D eigenvalue weighted by Crippen LogP contribution is -2.51. The van der Waals surface area contributed by atoms with Crippen LogP contribution < -0.4 is 15.5 Å². The van der Waals surface area contributed by atoms with E-state index in [2.05, 4.69) is 20.5 Å². The average Bonchev–Trinajstić information content (AvgIpc) is 2.60. The molecule has 1 saturated heterocycles. The highest BCUT2D eigenvalue weighted by Gasteiger charge is 2.22. The second kappa shape index (κ2) is 11.2. The fourth-order valence-electron chi connectivity index (χ4n) is 2.82. The van der Waals surface area contributed by atoms with Gasteiger partial charge in [-0.2, -0.15) is 0 Å². The molecule has 1 aromatic rings. The summed E-state index contributed by atoms with van der Waals surface area (Å²) in [6.07, 6.45) is 1.96. The molecule has 0 spiro atoms. The van der Waals surface area contributed by atoms with E-state index in [9.17, 15) is 9.18 Å². The number of carbonyl (C=O) groups is 1.